The highest BCUT2D eigenvalue weighted by Crippen LogP contribution is 2.43. The van der Waals surface area contributed by atoms with Crippen LogP contribution in [0.25, 0.3) is 5.76 Å². The van der Waals surface area contributed by atoms with Crippen molar-refractivity contribution in [2.24, 2.45) is 0 Å². The fourth-order valence-electron chi connectivity index (χ4n) is 3.79. The summed E-state index contributed by atoms with van der Waals surface area (Å²) in [7, 11) is 1.37. The topological polar surface area (TPSA) is 96.3 Å². The Balaban J connectivity index is 2.14. The zero-order chi connectivity index (χ0) is 24.3. The van der Waals surface area contributed by atoms with E-state index in [4.69, 9.17) is 32.7 Å². The van der Waals surface area contributed by atoms with Gasteiger partial charge in [-0.2, -0.15) is 0 Å². The van der Waals surface area contributed by atoms with Crippen molar-refractivity contribution in [2.45, 2.75) is 32.4 Å². The number of nitrogens with zero attached hydrogens (tertiary/aromatic N) is 1. The molecule has 0 aliphatic carbocycles. The summed E-state index contributed by atoms with van der Waals surface area (Å²) < 4.78 is 10.9. The van der Waals surface area contributed by atoms with E-state index < -0.39 is 23.5 Å². The molecule has 0 radical (unpaired) electrons. The van der Waals surface area contributed by atoms with E-state index >= 15 is 0 Å². The Kier molecular flexibility index (Phi) is 7.89. The first-order valence-electron chi connectivity index (χ1n) is 10.4. The van der Waals surface area contributed by atoms with Crippen LogP contribution in [0.15, 0.2) is 42.0 Å². The SMILES string of the molecule is COc1c(Cl)cc(Cl)cc1/C(O)=C1\C(=O)C(=O)N(CCCOC(C)C)C1c1cccc(O)c1. The molecular formula is C24H25Cl2NO6. The molecule has 33 heavy (non-hydrogen) atoms. The Bertz CT molecular complexity index is 1100. The molecule has 1 fully saturated rings. The van der Waals surface area contributed by atoms with Crippen molar-refractivity contribution < 1.29 is 29.3 Å². The van der Waals surface area contributed by atoms with E-state index in [2.05, 4.69) is 0 Å². The van der Waals surface area contributed by atoms with Gasteiger partial charge in [0.05, 0.1) is 35.4 Å². The van der Waals surface area contributed by atoms with Crippen molar-refractivity contribution in [3.63, 3.8) is 0 Å². The van der Waals surface area contributed by atoms with E-state index in [0.717, 1.165) is 0 Å². The van der Waals surface area contributed by atoms with Gasteiger partial charge in [-0.15, -0.1) is 0 Å². The Morgan fingerprint density at radius 2 is 1.91 bits per heavy atom. The van der Waals surface area contributed by atoms with Crippen LogP contribution in [0.4, 0.5) is 0 Å². The zero-order valence-electron chi connectivity index (χ0n) is 18.5. The summed E-state index contributed by atoms with van der Waals surface area (Å²) in [5.74, 6) is -2.01. The number of Topliss-reactive ketones (excluding diaryl/α,β-unsaturated/α-hetero) is 1. The molecule has 7 nitrogen and oxygen atoms in total. The molecule has 2 N–H and O–H groups in total. The van der Waals surface area contributed by atoms with Gasteiger partial charge in [0.1, 0.15) is 17.3 Å². The van der Waals surface area contributed by atoms with Crippen LogP contribution in [0.5, 0.6) is 11.5 Å². The number of ether oxygens (including phenoxy) is 2. The number of phenolic OH excluding ortho intramolecular Hbond substituents is 1. The first kappa shape index (κ1) is 24.9. The molecule has 0 spiro atoms. The first-order chi connectivity index (χ1) is 15.6. The number of carbonyl (C=O) groups excluding carboxylic acids is 2. The molecule has 1 atom stereocenters. The van der Waals surface area contributed by atoms with Crippen LogP contribution >= 0.6 is 23.2 Å². The standard InChI is InChI=1S/C24H25Cl2NO6/c1-13(2)33-9-5-8-27-20(14-6-4-7-16(28)10-14)19(22(30)24(27)31)21(29)17-11-15(25)12-18(26)23(17)32-3/h4,6-7,10-13,20,28-29H,5,8-9H2,1-3H3/b21-19+. The molecule has 0 saturated carbocycles. The Morgan fingerprint density at radius 1 is 1.18 bits per heavy atom. The number of methoxy groups -OCH3 is 1. The third-order valence-electron chi connectivity index (χ3n) is 5.19. The minimum absolute atomic E-state index is 0.0299. The third-order valence-corrected chi connectivity index (χ3v) is 5.69. The number of aliphatic hydroxyl groups excluding tert-OH is 1. The van der Waals surface area contributed by atoms with Crippen molar-refractivity contribution in [2.75, 3.05) is 20.3 Å². The van der Waals surface area contributed by atoms with E-state index in [-0.39, 0.29) is 45.3 Å². The average Bonchev–Trinajstić information content (AvgIpc) is 3.00. The number of amides is 1. The lowest BCUT2D eigenvalue weighted by Gasteiger charge is -2.25. The Labute approximate surface area is 202 Å². The second-order valence-electron chi connectivity index (χ2n) is 7.83. The zero-order valence-corrected chi connectivity index (χ0v) is 20.0. The van der Waals surface area contributed by atoms with E-state index in [1.54, 1.807) is 12.1 Å². The third kappa shape index (κ3) is 5.27. The van der Waals surface area contributed by atoms with Gasteiger partial charge >= 0.3 is 0 Å². The minimum Gasteiger partial charge on any atom is -0.508 e. The van der Waals surface area contributed by atoms with E-state index in [0.29, 0.717) is 18.6 Å². The molecule has 0 bridgehead atoms. The molecule has 3 rings (SSSR count). The maximum absolute atomic E-state index is 13.1. The highest BCUT2D eigenvalue weighted by molar-refractivity contribution is 6.46. The summed E-state index contributed by atoms with van der Waals surface area (Å²) in [4.78, 5) is 27.4. The normalized spacial score (nSPS) is 17.8. The lowest BCUT2D eigenvalue weighted by atomic mass is 9.94. The number of phenols is 1. The van der Waals surface area contributed by atoms with E-state index in [1.165, 1.54) is 36.3 Å². The van der Waals surface area contributed by atoms with Gasteiger partial charge in [-0.1, -0.05) is 35.3 Å². The van der Waals surface area contributed by atoms with Crippen molar-refractivity contribution >= 4 is 40.7 Å². The summed E-state index contributed by atoms with van der Waals surface area (Å²) in [6.45, 7) is 4.41. The first-order valence-corrected chi connectivity index (χ1v) is 11.1. The van der Waals surface area contributed by atoms with Crippen LogP contribution in [-0.4, -0.2) is 53.2 Å². The monoisotopic (exact) mass is 493 g/mol. The van der Waals surface area contributed by atoms with Crippen LogP contribution in [0.2, 0.25) is 10.0 Å². The largest absolute Gasteiger partial charge is 0.508 e. The van der Waals surface area contributed by atoms with Crippen molar-refractivity contribution in [3.05, 3.63) is 63.1 Å². The number of ketones is 1. The molecule has 2 aromatic rings. The second-order valence-corrected chi connectivity index (χ2v) is 8.67. The van der Waals surface area contributed by atoms with Gasteiger partial charge in [-0.05, 0) is 50.1 Å². The van der Waals surface area contributed by atoms with Crippen LogP contribution < -0.4 is 4.74 Å². The average molecular weight is 494 g/mol. The van der Waals surface area contributed by atoms with Gasteiger partial charge in [0.2, 0.25) is 0 Å². The lowest BCUT2D eigenvalue weighted by Crippen LogP contribution is -2.31. The molecule has 176 valence electrons. The number of halogens is 2. The number of carbonyl (C=O) groups is 2. The van der Waals surface area contributed by atoms with Crippen LogP contribution in [0.1, 0.15) is 37.4 Å². The molecule has 1 heterocycles. The summed E-state index contributed by atoms with van der Waals surface area (Å²) >= 11 is 12.3. The van der Waals surface area contributed by atoms with Crippen molar-refractivity contribution in [1.29, 1.82) is 0 Å². The van der Waals surface area contributed by atoms with Gasteiger partial charge in [0.25, 0.3) is 11.7 Å². The van der Waals surface area contributed by atoms with Gasteiger partial charge in [0.15, 0.2) is 0 Å². The second kappa shape index (κ2) is 10.5. The molecule has 1 amide bonds. The number of aromatic hydroxyl groups is 1. The van der Waals surface area contributed by atoms with Crippen LogP contribution in [0, 0.1) is 0 Å². The molecule has 2 aromatic carbocycles. The molecular weight excluding hydrogens is 469 g/mol. The fraction of sp³-hybridized carbons (Fsp3) is 0.333. The highest BCUT2D eigenvalue weighted by atomic mass is 35.5. The molecule has 9 heteroatoms. The molecule has 1 saturated heterocycles. The van der Waals surface area contributed by atoms with Gasteiger partial charge in [0, 0.05) is 18.2 Å². The van der Waals surface area contributed by atoms with Crippen LogP contribution in [-0.2, 0) is 14.3 Å². The summed E-state index contributed by atoms with van der Waals surface area (Å²) in [5.41, 5.74) is 0.404. The Hall–Kier alpha value is -2.74. The lowest BCUT2D eigenvalue weighted by molar-refractivity contribution is -0.140. The smallest absolute Gasteiger partial charge is 0.295 e. The molecule has 1 aliphatic rings. The molecule has 1 unspecified atom stereocenters. The number of benzene rings is 2. The minimum atomic E-state index is -0.932. The molecule has 1 aliphatic heterocycles. The van der Waals surface area contributed by atoms with Gasteiger partial charge in [-0.25, -0.2) is 0 Å². The van der Waals surface area contributed by atoms with Crippen molar-refractivity contribution in [3.8, 4) is 11.5 Å². The summed E-state index contributed by atoms with van der Waals surface area (Å²) in [6, 6.07) is 8.12. The number of aliphatic hydroxyl groups is 1. The highest BCUT2D eigenvalue weighted by Gasteiger charge is 2.46. The summed E-state index contributed by atoms with van der Waals surface area (Å²) in [6.07, 6.45) is 0.509. The number of hydrogen-bond acceptors (Lipinski definition) is 6. The summed E-state index contributed by atoms with van der Waals surface area (Å²) in [5, 5.41) is 21.6. The van der Waals surface area contributed by atoms with E-state index in [1.807, 2.05) is 13.8 Å². The number of rotatable bonds is 8. The maximum Gasteiger partial charge on any atom is 0.295 e. The fourth-order valence-corrected chi connectivity index (χ4v) is 4.37. The Morgan fingerprint density at radius 3 is 2.55 bits per heavy atom. The van der Waals surface area contributed by atoms with Crippen LogP contribution in [0.3, 0.4) is 0 Å². The number of hydrogen-bond donors (Lipinski definition) is 2. The predicted octanol–water partition coefficient (Wildman–Crippen LogP) is 4.94. The predicted molar refractivity (Wildman–Crippen MR) is 126 cm³/mol. The maximum atomic E-state index is 13.1. The van der Waals surface area contributed by atoms with Gasteiger partial charge < -0.3 is 24.6 Å². The van der Waals surface area contributed by atoms with Crippen molar-refractivity contribution in [1.82, 2.24) is 4.90 Å². The van der Waals surface area contributed by atoms with Gasteiger partial charge in [-0.3, -0.25) is 9.59 Å². The number of likely N-dealkylation sites (tertiary alicyclic amines) is 1. The molecule has 0 aromatic heterocycles. The van der Waals surface area contributed by atoms with E-state index in [9.17, 15) is 19.8 Å². The quantitative estimate of drug-likeness (QED) is 0.234.